The lowest BCUT2D eigenvalue weighted by Crippen LogP contribution is -2.40. The molecule has 0 atom stereocenters. The summed E-state index contributed by atoms with van der Waals surface area (Å²) < 4.78 is 6.04. The van der Waals surface area contributed by atoms with Crippen LogP contribution in [0.15, 0.2) is 24.3 Å². The molecule has 1 aliphatic heterocycles. The minimum absolute atomic E-state index is 0.226. The number of nitrogens with zero attached hydrogens (tertiary/aromatic N) is 3. The summed E-state index contributed by atoms with van der Waals surface area (Å²) >= 11 is 12.0. The van der Waals surface area contributed by atoms with Crippen LogP contribution in [0.3, 0.4) is 0 Å². The lowest BCUT2D eigenvalue weighted by atomic mass is 10.1. The molecule has 28 heavy (non-hydrogen) atoms. The Morgan fingerprint density at radius 1 is 1.07 bits per heavy atom. The zero-order chi connectivity index (χ0) is 20.5. The number of anilines is 1. The van der Waals surface area contributed by atoms with Crippen LogP contribution in [0.2, 0.25) is 10.0 Å². The summed E-state index contributed by atoms with van der Waals surface area (Å²) in [4.78, 5) is 11.1. The molecule has 1 N–H and O–H groups in total. The second-order valence-electron chi connectivity index (χ2n) is 6.60. The summed E-state index contributed by atoms with van der Waals surface area (Å²) in [5.41, 5.74) is 0.986. The maximum Gasteiger partial charge on any atom is 0.129 e. The topological polar surface area (TPSA) is 50.3 Å². The third-order valence-corrected chi connectivity index (χ3v) is 5.17. The number of ether oxygens (including phenoxy) is 1. The van der Waals surface area contributed by atoms with E-state index >= 15 is 0 Å². The Morgan fingerprint density at radius 3 is 2.43 bits per heavy atom. The van der Waals surface area contributed by atoms with Crippen molar-refractivity contribution in [1.29, 1.82) is 0 Å². The number of piperidine rings is 1. The number of halogens is 2. The summed E-state index contributed by atoms with van der Waals surface area (Å²) in [6, 6.07) is 7.41. The van der Waals surface area contributed by atoms with Crippen molar-refractivity contribution >= 4 is 29.0 Å². The molecule has 7 heteroatoms. The fraction of sp³-hybridized carbons (Fsp3) is 0.524. The van der Waals surface area contributed by atoms with Gasteiger partial charge in [0.25, 0.3) is 0 Å². The predicted molar refractivity (Wildman–Crippen MR) is 118 cm³/mol. The second-order valence-corrected chi connectivity index (χ2v) is 7.42. The highest BCUT2D eigenvalue weighted by molar-refractivity contribution is 6.42. The first kappa shape index (κ1) is 22.7. The van der Waals surface area contributed by atoms with Crippen molar-refractivity contribution in [2.45, 2.75) is 46.6 Å². The highest BCUT2D eigenvalue weighted by Crippen LogP contribution is 2.28. The molecule has 1 aromatic heterocycles. The van der Waals surface area contributed by atoms with Gasteiger partial charge >= 0.3 is 0 Å². The smallest absolute Gasteiger partial charge is 0.129 e. The number of aryl methyl sites for hydroxylation is 2. The van der Waals surface area contributed by atoms with Crippen LogP contribution in [0.1, 0.15) is 38.2 Å². The molecule has 1 aromatic carbocycles. The molecule has 0 aliphatic carbocycles. The van der Waals surface area contributed by atoms with E-state index in [1.54, 1.807) is 12.1 Å². The number of aromatic nitrogens is 2. The highest BCUT2D eigenvalue weighted by Gasteiger charge is 2.20. The van der Waals surface area contributed by atoms with E-state index in [0.717, 1.165) is 62.1 Å². The van der Waals surface area contributed by atoms with Crippen LogP contribution in [0.25, 0.3) is 0 Å². The maximum atomic E-state index is 6.05. The quantitative estimate of drug-likeness (QED) is 0.673. The Kier molecular flexibility index (Phi) is 9.29. The first-order chi connectivity index (χ1) is 13.5. The molecule has 3 rings (SSSR count). The van der Waals surface area contributed by atoms with Gasteiger partial charge in [-0.2, -0.15) is 0 Å². The van der Waals surface area contributed by atoms with Gasteiger partial charge in [0.05, 0.1) is 10.0 Å². The molecule has 0 spiro atoms. The van der Waals surface area contributed by atoms with E-state index in [1.165, 1.54) is 0 Å². The molecule has 0 amide bonds. The Labute approximate surface area is 178 Å². The van der Waals surface area contributed by atoms with Crippen LogP contribution < -0.4 is 10.1 Å². The van der Waals surface area contributed by atoms with Gasteiger partial charge in [-0.25, -0.2) is 9.97 Å². The SMILES string of the molecule is CC.Cc1cc(NCCN2CCC(Oc3ccc(Cl)c(Cl)c3)CC2)nc(C)n1. The molecular formula is C21H30Cl2N4O. The maximum absolute atomic E-state index is 6.05. The summed E-state index contributed by atoms with van der Waals surface area (Å²) in [6.07, 6.45) is 2.24. The number of nitrogens with one attached hydrogen (secondary N) is 1. The van der Waals surface area contributed by atoms with Gasteiger partial charge in [0.2, 0.25) is 0 Å². The third-order valence-electron chi connectivity index (χ3n) is 4.43. The van der Waals surface area contributed by atoms with Gasteiger partial charge in [0.15, 0.2) is 0 Å². The molecule has 2 aromatic rings. The average molecular weight is 425 g/mol. The fourth-order valence-corrected chi connectivity index (χ4v) is 3.43. The zero-order valence-corrected chi connectivity index (χ0v) is 18.6. The molecule has 1 fully saturated rings. The van der Waals surface area contributed by atoms with E-state index in [4.69, 9.17) is 27.9 Å². The number of benzene rings is 1. The van der Waals surface area contributed by atoms with Crippen LogP contribution in [-0.2, 0) is 0 Å². The predicted octanol–water partition coefficient (Wildman–Crippen LogP) is 5.38. The van der Waals surface area contributed by atoms with Gasteiger partial charge < -0.3 is 15.0 Å². The van der Waals surface area contributed by atoms with E-state index < -0.39 is 0 Å². The van der Waals surface area contributed by atoms with E-state index in [-0.39, 0.29) is 6.10 Å². The molecule has 5 nitrogen and oxygen atoms in total. The third kappa shape index (κ3) is 7.12. The molecule has 1 aliphatic rings. The zero-order valence-electron chi connectivity index (χ0n) is 17.1. The van der Waals surface area contributed by atoms with Crippen molar-refractivity contribution in [3.05, 3.63) is 45.8 Å². The average Bonchev–Trinajstić information content (AvgIpc) is 2.67. The standard InChI is InChI=1S/C19H24Cl2N4O.C2H6/c1-13-11-19(24-14(2)23-13)22-7-10-25-8-5-15(6-9-25)26-16-3-4-17(20)18(21)12-16;1-2/h3-4,11-12,15H,5-10H2,1-2H3,(H,22,23,24);1-2H3. The summed E-state index contributed by atoms with van der Waals surface area (Å²) in [7, 11) is 0. The number of hydrogen-bond donors (Lipinski definition) is 1. The van der Waals surface area contributed by atoms with E-state index in [2.05, 4.69) is 20.2 Å². The Balaban J connectivity index is 0.00000136. The molecule has 1 saturated heterocycles. The van der Waals surface area contributed by atoms with Gasteiger partial charge in [-0.3, -0.25) is 0 Å². The molecule has 154 valence electrons. The molecule has 0 bridgehead atoms. The van der Waals surface area contributed by atoms with Gasteiger partial charge in [0.1, 0.15) is 23.5 Å². The Morgan fingerprint density at radius 2 is 1.79 bits per heavy atom. The second kappa shape index (κ2) is 11.4. The fourth-order valence-electron chi connectivity index (χ4n) is 3.14. The Bertz CT molecular complexity index is 729. The summed E-state index contributed by atoms with van der Waals surface area (Å²) in [5, 5.41) is 4.47. The van der Waals surface area contributed by atoms with Crippen LogP contribution in [0.5, 0.6) is 5.75 Å². The molecule has 0 saturated carbocycles. The van der Waals surface area contributed by atoms with E-state index in [9.17, 15) is 0 Å². The lowest BCUT2D eigenvalue weighted by Gasteiger charge is -2.32. The van der Waals surface area contributed by atoms with Crippen molar-refractivity contribution in [2.75, 3.05) is 31.5 Å². The monoisotopic (exact) mass is 424 g/mol. The van der Waals surface area contributed by atoms with Gasteiger partial charge in [-0.1, -0.05) is 37.0 Å². The summed E-state index contributed by atoms with van der Waals surface area (Å²) in [6.45, 7) is 11.8. The number of rotatable bonds is 6. The normalized spacial score (nSPS) is 14.9. The van der Waals surface area contributed by atoms with Crippen LogP contribution in [-0.4, -0.2) is 47.2 Å². The van der Waals surface area contributed by atoms with Crippen molar-refractivity contribution in [3.8, 4) is 5.75 Å². The van der Waals surface area contributed by atoms with Crippen molar-refractivity contribution in [3.63, 3.8) is 0 Å². The van der Waals surface area contributed by atoms with E-state index in [0.29, 0.717) is 10.0 Å². The van der Waals surface area contributed by atoms with Gasteiger partial charge in [0, 0.05) is 44.0 Å². The van der Waals surface area contributed by atoms with Crippen LogP contribution in [0, 0.1) is 13.8 Å². The highest BCUT2D eigenvalue weighted by atomic mass is 35.5. The first-order valence-corrected chi connectivity index (χ1v) is 10.7. The van der Waals surface area contributed by atoms with Gasteiger partial charge in [-0.05, 0) is 38.8 Å². The minimum atomic E-state index is 0.226. The van der Waals surface area contributed by atoms with Crippen LogP contribution in [0.4, 0.5) is 5.82 Å². The molecule has 0 unspecified atom stereocenters. The van der Waals surface area contributed by atoms with Crippen LogP contribution >= 0.6 is 23.2 Å². The molecular weight excluding hydrogens is 395 g/mol. The summed E-state index contributed by atoms with van der Waals surface area (Å²) in [5.74, 6) is 2.48. The van der Waals surface area contributed by atoms with Crippen molar-refractivity contribution in [2.24, 2.45) is 0 Å². The Hall–Kier alpha value is -1.56. The molecule has 0 radical (unpaired) electrons. The first-order valence-electron chi connectivity index (χ1n) is 9.90. The largest absolute Gasteiger partial charge is 0.490 e. The van der Waals surface area contributed by atoms with Crippen molar-refractivity contribution in [1.82, 2.24) is 14.9 Å². The van der Waals surface area contributed by atoms with Crippen molar-refractivity contribution < 1.29 is 4.74 Å². The number of likely N-dealkylation sites (tertiary alicyclic amines) is 1. The number of hydrogen-bond acceptors (Lipinski definition) is 5. The molecule has 2 heterocycles. The van der Waals surface area contributed by atoms with Gasteiger partial charge in [-0.15, -0.1) is 0 Å². The van der Waals surface area contributed by atoms with E-state index in [1.807, 2.05) is 39.8 Å². The minimum Gasteiger partial charge on any atom is -0.490 e. The lowest BCUT2D eigenvalue weighted by molar-refractivity contribution is 0.103.